The van der Waals surface area contributed by atoms with E-state index in [4.69, 9.17) is 11.5 Å². The number of hydrogen-bond donors (Lipinski definition) is 5. The highest BCUT2D eigenvalue weighted by Gasteiger charge is 2.40. The number of aliphatic imine (C=N–C) groups is 1. The number of amides is 2. The predicted molar refractivity (Wildman–Crippen MR) is 145 cm³/mol. The average Bonchev–Trinajstić information content (AvgIpc) is 3.62. The Balaban J connectivity index is 1.43. The number of Topliss-reactive ketones (excluding diaryl/α,β-unsaturated/α-hetero) is 1. The van der Waals surface area contributed by atoms with Gasteiger partial charge in [0.15, 0.2) is 5.96 Å². The van der Waals surface area contributed by atoms with Crippen LogP contribution in [0, 0.1) is 0 Å². The largest absolute Gasteiger partial charge is 0.471 e. The van der Waals surface area contributed by atoms with Crippen molar-refractivity contribution in [3.8, 4) is 0 Å². The first-order valence-electron chi connectivity index (χ1n) is 12.6. The molecule has 226 valence electrons. The van der Waals surface area contributed by atoms with E-state index in [1.54, 1.807) is 18.2 Å². The van der Waals surface area contributed by atoms with Crippen LogP contribution in [0.2, 0.25) is 0 Å². The van der Waals surface area contributed by atoms with Crippen LogP contribution in [0.3, 0.4) is 0 Å². The van der Waals surface area contributed by atoms with Gasteiger partial charge in [-0.3, -0.25) is 24.2 Å². The molecule has 2 amide bonds. The first kappa shape index (κ1) is 30.4. The number of aromatic amines is 1. The van der Waals surface area contributed by atoms with E-state index >= 15 is 0 Å². The first-order valence-corrected chi connectivity index (χ1v) is 12.6. The van der Waals surface area contributed by atoms with Crippen LogP contribution in [0.15, 0.2) is 57.2 Å². The second kappa shape index (κ2) is 13.0. The molecule has 0 fully saturated rings. The smallest absolute Gasteiger partial charge is 0.370 e. The molecule has 0 aliphatic heterocycles. The Morgan fingerprint density at radius 3 is 2.67 bits per heavy atom. The molecule has 4 aromatic rings. The molecule has 1 aromatic carbocycles. The fourth-order valence-electron chi connectivity index (χ4n) is 3.99. The fourth-order valence-corrected chi connectivity index (χ4v) is 3.99. The first-order chi connectivity index (χ1) is 20.4. The molecule has 43 heavy (non-hydrogen) atoms. The topological polar surface area (TPSA) is 229 Å². The van der Waals surface area contributed by atoms with Crippen molar-refractivity contribution in [1.29, 1.82) is 0 Å². The predicted octanol–water partition coefficient (Wildman–Crippen LogP) is 0.729. The molecule has 0 saturated heterocycles. The van der Waals surface area contributed by atoms with E-state index < -0.39 is 53.6 Å². The number of guanidine groups is 1. The van der Waals surface area contributed by atoms with Gasteiger partial charge in [0.2, 0.25) is 23.4 Å². The van der Waals surface area contributed by atoms with Gasteiger partial charge in [-0.2, -0.15) is 18.2 Å². The third-order valence-electron chi connectivity index (χ3n) is 5.94. The lowest BCUT2D eigenvalue weighted by Gasteiger charge is -2.16. The van der Waals surface area contributed by atoms with Gasteiger partial charge in [0.05, 0.1) is 29.8 Å². The molecule has 0 bridgehead atoms. The molecule has 15 nitrogen and oxygen atoms in total. The lowest BCUT2D eigenvalue weighted by atomic mass is 10.1. The molecule has 0 saturated carbocycles. The number of nitrogens with one attached hydrogen (secondary N) is 3. The summed E-state index contributed by atoms with van der Waals surface area (Å²) in [7, 11) is 0. The van der Waals surface area contributed by atoms with Crippen molar-refractivity contribution in [2.45, 2.75) is 38.0 Å². The number of benzene rings is 1. The number of carbonyl (C=O) groups is 3. The lowest BCUT2D eigenvalue weighted by Crippen LogP contribution is -2.44. The van der Waals surface area contributed by atoms with Crippen molar-refractivity contribution in [3.05, 3.63) is 70.5 Å². The number of aromatic nitrogens is 5. The van der Waals surface area contributed by atoms with E-state index in [-0.39, 0.29) is 37.5 Å². The maximum atomic E-state index is 13.0. The molecule has 7 N–H and O–H groups in total. The molecule has 3 aromatic heterocycles. The molecule has 1 atom stereocenters. The van der Waals surface area contributed by atoms with Gasteiger partial charge in [0.25, 0.3) is 5.56 Å². The van der Waals surface area contributed by atoms with Crippen molar-refractivity contribution >= 4 is 40.3 Å². The Hall–Kier alpha value is -5.55. The quantitative estimate of drug-likeness (QED) is 0.0660. The van der Waals surface area contributed by atoms with Gasteiger partial charge in [-0.1, -0.05) is 11.2 Å². The van der Waals surface area contributed by atoms with Crippen molar-refractivity contribution in [2.24, 2.45) is 16.5 Å². The van der Waals surface area contributed by atoms with E-state index in [1.165, 1.54) is 24.7 Å². The maximum absolute atomic E-state index is 13.0. The molecule has 0 aliphatic rings. The fraction of sp³-hybridized carbons (Fsp3) is 0.280. The van der Waals surface area contributed by atoms with Crippen LogP contribution in [0.5, 0.6) is 0 Å². The highest BCUT2D eigenvalue weighted by Crippen LogP contribution is 2.27. The summed E-state index contributed by atoms with van der Waals surface area (Å²) in [6.07, 6.45) is -2.17. The monoisotopic (exact) mass is 602 g/mol. The zero-order valence-corrected chi connectivity index (χ0v) is 22.2. The Morgan fingerprint density at radius 1 is 1.16 bits per heavy atom. The molecular formula is C25H25F3N10O5. The van der Waals surface area contributed by atoms with Crippen LogP contribution in [0.4, 0.5) is 18.9 Å². The number of hydrogen-bond acceptors (Lipinski definition) is 9. The van der Waals surface area contributed by atoms with Crippen LogP contribution in [-0.2, 0) is 28.7 Å². The number of nitrogens with two attached hydrogens (primary N) is 2. The third-order valence-corrected chi connectivity index (χ3v) is 5.94. The summed E-state index contributed by atoms with van der Waals surface area (Å²) in [5.41, 5.74) is 11.9. The highest BCUT2D eigenvalue weighted by molar-refractivity contribution is 5.99. The van der Waals surface area contributed by atoms with Crippen molar-refractivity contribution in [3.63, 3.8) is 0 Å². The summed E-state index contributed by atoms with van der Waals surface area (Å²) in [6.45, 7) is -0.532. The van der Waals surface area contributed by atoms with Gasteiger partial charge in [-0.25, -0.2) is 4.98 Å². The van der Waals surface area contributed by atoms with E-state index in [2.05, 4.69) is 40.3 Å². The molecule has 3 heterocycles. The molecular weight excluding hydrogens is 577 g/mol. The number of nitrogens with zero attached hydrogens (tertiary/aromatic N) is 5. The standard InChI is InChI=1S/C25H25F3N10O5/c26-25(27,28)23-36-21(37-43-23)20(41)15(3-1-7-31-24(29)30)34-19(40)11-38-8-2-4-16(22(38)42)35-18(39)10-13-5-6-14-17(9-13)33-12-32-14/h2,4-6,8-9,12,15H,1,3,7,10-11H2,(H,32,33)(H,34,40)(H,35,39)(H4,29,30,31)/t15-/m0/s1. The van der Waals surface area contributed by atoms with Gasteiger partial charge in [-0.05, 0) is 42.7 Å². The number of alkyl halides is 3. The summed E-state index contributed by atoms with van der Waals surface area (Å²) in [5, 5.41) is 7.96. The molecule has 4 rings (SSSR count). The Labute approximate surface area is 239 Å². The van der Waals surface area contributed by atoms with Crippen LogP contribution in [0.25, 0.3) is 11.0 Å². The van der Waals surface area contributed by atoms with Gasteiger partial charge >= 0.3 is 12.1 Å². The van der Waals surface area contributed by atoms with Crippen molar-refractivity contribution in [1.82, 2.24) is 30.0 Å². The van der Waals surface area contributed by atoms with Crippen LogP contribution in [0.1, 0.15) is 34.9 Å². The van der Waals surface area contributed by atoms with Crippen LogP contribution in [-0.4, -0.2) is 60.8 Å². The summed E-state index contributed by atoms with van der Waals surface area (Å²) in [4.78, 5) is 65.2. The number of anilines is 1. The number of pyridine rings is 1. The van der Waals surface area contributed by atoms with Crippen molar-refractivity contribution < 1.29 is 32.1 Å². The zero-order valence-electron chi connectivity index (χ0n) is 22.2. The molecule has 0 aliphatic carbocycles. The van der Waals surface area contributed by atoms with E-state index in [9.17, 15) is 32.3 Å². The van der Waals surface area contributed by atoms with Crippen LogP contribution < -0.4 is 27.7 Å². The lowest BCUT2D eigenvalue weighted by molar-refractivity contribution is -0.159. The van der Waals surface area contributed by atoms with E-state index in [0.717, 1.165) is 15.6 Å². The minimum Gasteiger partial charge on any atom is -0.370 e. The Morgan fingerprint density at radius 2 is 1.95 bits per heavy atom. The third kappa shape index (κ3) is 8.02. The van der Waals surface area contributed by atoms with Gasteiger partial charge in [0, 0.05) is 12.7 Å². The van der Waals surface area contributed by atoms with E-state index in [0.29, 0.717) is 5.56 Å². The van der Waals surface area contributed by atoms with Gasteiger partial charge < -0.3 is 36.2 Å². The minimum atomic E-state index is -4.98. The average molecular weight is 603 g/mol. The van der Waals surface area contributed by atoms with Gasteiger partial charge in [-0.15, -0.1) is 0 Å². The summed E-state index contributed by atoms with van der Waals surface area (Å²) >= 11 is 0. The summed E-state index contributed by atoms with van der Waals surface area (Å²) < 4.78 is 43.7. The second-order valence-corrected chi connectivity index (χ2v) is 9.19. The second-order valence-electron chi connectivity index (χ2n) is 9.19. The van der Waals surface area contributed by atoms with Gasteiger partial charge in [0.1, 0.15) is 12.2 Å². The number of rotatable bonds is 12. The minimum absolute atomic E-state index is 0.0421. The Bertz CT molecular complexity index is 1720. The highest BCUT2D eigenvalue weighted by atomic mass is 19.4. The molecule has 0 spiro atoms. The normalized spacial score (nSPS) is 12.1. The summed E-state index contributed by atoms with van der Waals surface area (Å²) in [6, 6.07) is 6.61. The number of halogens is 3. The maximum Gasteiger partial charge on any atom is 0.471 e. The molecule has 0 unspecified atom stereocenters. The zero-order chi connectivity index (χ0) is 31.1. The SMILES string of the molecule is NC(N)=NCCC[C@H](NC(=O)Cn1cccc(NC(=O)Cc2ccc3nc[nH]c3c2)c1=O)C(=O)c1noc(C(F)(F)F)n1. The number of carbonyl (C=O) groups excluding carboxylic acids is 3. The summed E-state index contributed by atoms with van der Waals surface area (Å²) in [5.74, 6) is -5.22. The Kier molecular flexibility index (Phi) is 9.17. The molecule has 18 heteroatoms. The number of H-pyrrole nitrogens is 1. The molecule has 0 radical (unpaired) electrons. The van der Waals surface area contributed by atoms with Crippen LogP contribution >= 0.6 is 0 Å². The number of imidazole rings is 1. The van der Waals surface area contributed by atoms with Crippen molar-refractivity contribution in [2.75, 3.05) is 11.9 Å². The number of ketones is 1. The van der Waals surface area contributed by atoms with E-state index in [1.807, 2.05) is 0 Å². The number of fused-ring (bicyclic) bond motifs is 1.